The molecule has 0 fully saturated rings. The SMILES string of the molecule is CC(C)C(=O)NCC(NC(=O)C(N)CCN(C(=O)CO)C(c1cc(-c2cc(F)ccc2F)cn1Cc1ccccc1)C(C)(C)C)C(=O)NCCOCCOCCOCCOCCC(=O)O. The molecule has 3 atom stereocenters. The van der Waals surface area contributed by atoms with Crippen LogP contribution in [-0.2, 0) is 49.5 Å². The summed E-state index contributed by atoms with van der Waals surface area (Å²) in [7, 11) is 0. The number of aliphatic carboxylic acids is 1. The van der Waals surface area contributed by atoms with Gasteiger partial charge in [0.2, 0.25) is 23.6 Å². The molecule has 4 amide bonds. The summed E-state index contributed by atoms with van der Waals surface area (Å²) in [6, 6.07) is 11.1. The van der Waals surface area contributed by atoms with Crippen LogP contribution in [0.4, 0.5) is 8.78 Å². The summed E-state index contributed by atoms with van der Waals surface area (Å²) in [6.07, 6.45) is 1.52. The average molecular weight is 917 g/mol. The van der Waals surface area contributed by atoms with Crippen LogP contribution in [0, 0.1) is 23.0 Å². The molecule has 3 aromatic rings. The van der Waals surface area contributed by atoms with Crippen LogP contribution in [0.2, 0.25) is 0 Å². The van der Waals surface area contributed by atoms with E-state index in [9.17, 15) is 33.5 Å². The van der Waals surface area contributed by atoms with Gasteiger partial charge in [-0.25, -0.2) is 8.78 Å². The number of aliphatic hydroxyl groups is 1. The van der Waals surface area contributed by atoms with Gasteiger partial charge in [0.25, 0.3) is 0 Å². The Morgan fingerprint density at radius 2 is 1.43 bits per heavy atom. The predicted molar refractivity (Wildman–Crippen MR) is 237 cm³/mol. The minimum absolute atomic E-state index is 0.0284. The monoisotopic (exact) mass is 916 g/mol. The molecule has 65 heavy (non-hydrogen) atoms. The van der Waals surface area contributed by atoms with Crippen molar-refractivity contribution in [3.05, 3.63) is 83.7 Å². The van der Waals surface area contributed by atoms with E-state index >= 15 is 4.39 Å². The molecule has 0 saturated heterocycles. The van der Waals surface area contributed by atoms with Gasteiger partial charge >= 0.3 is 5.97 Å². The number of carboxylic acids is 1. The lowest BCUT2D eigenvalue weighted by Crippen LogP contribution is -2.56. The van der Waals surface area contributed by atoms with E-state index < -0.39 is 71.4 Å². The second kappa shape index (κ2) is 27.9. The van der Waals surface area contributed by atoms with Gasteiger partial charge in [0, 0.05) is 55.1 Å². The van der Waals surface area contributed by atoms with E-state index in [-0.39, 0.29) is 77.0 Å². The number of rotatable bonds is 30. The van der Waals surface area contributed by atoms with Crippen LogP contribution in [-0.4, -0.2) is 140 Å². The molecule has 0 radical (unpaired) electrons. The van der Waals surface area contributed by atoms with E-state index in [0.717, 1.165) is 23.8 Å². The number of carbonyl (C=O) groups excluding carboxylic acids is 4. The van der Waals surface area contributed by atoms with Crippen LogP contribution in [0.1, 0.15) is 64.8 Å². The van der Waals surface area contributed by atoms with Gasteiger partial charge < -0.3 is 60.3 Å². The number of nitrogens with zero attached hydrogens (tertiary/aromatic N) is 2. The number of halogens is 2. The third kappa shape index (κ3) is 19.0. The first-order valence-electron chi connectivity index (χ1n) is 21.7. The van der Waals surface area contributed by atoms with Gasteiger partial charge in [-0.15, -0.1) is 0 Å². The third-order valence-corrected chi connectivity index (χ3v) is 10.0. The summed E-state index contributed by atoms with van der Waals surface area (Å²) in [4.78, 5) is 64.9. The lowest BCUT2D eigenvalue weighted by atomic mass is 9.82. The number of nitrogens with one attached hydrogen (secondary N) is 3. The van der Waals surface area contributed by atoms with Crippen LogP contribution >= 0.6 is 0 Å². The van der Waals surface area contributed by atoms with Crippen molar-refractivity contribution in [3.8, 4) is 11.1 Å². The van der Waals surface area contributed by atoms with Crippen molar-refractivity contribution in [2.75, 3.05) is 79.1 Å². The first kappa shape index (κ1) is 54.0. The van der Waals surface area contributed by atoms with Gasteiger partial charge in [0.1, 0.15) is 24.3 Å². The van der Waals surface area contributed by atoms with Crippen LogP contribution in [0.25, 0.3) is 11.1 Å². The van der Waals surface area contributed by atoms with E-state index in [2.05, 4.69) is 16.0 Å². The molecule has 0 aliphatic rings. The second-order valence-corrected chi connectivity index (χ2v) is 16.6. The lowest BCUT2D eigenvalue weighted by molar-refractivity contribution is -0.140. The molecule has 3 unspecified atom stereocenters. The molecular weight excluding hydrogens is 851 g/mol. The summed E-state index contributed by atoms with van der Waals surface area (Å²) < 4.78 is 52.9. The van der Waals surface area contributed by atoms with Crippen LogP contribution in [0.15, 0.2) is 60.8 Å². The minimum atomic E-state index is -1.25. The van der Waals surface area contributed by atoms with Crippen molar-refractivity contribution in [1.82, 2.24) is 25.4 Å². The van der Waals surface area contributed by atoms with Crippen molar-refractivity contribution in [3.63, 3.8) is 0 Å². The number of aromatic nitrogens is 1. The highest BCUT2D eigenvalue weighted by Gasteiger charge is 2.38. The number of carboxylic acid groups (broad SMARTS) is 1. The molecule has 7 N–H and O–H groups in total. The van der Waals surface area contributed by atoms with Gasteiger partial charge in [-0.05, 0) is 41.7 Å². The number of carbonyl (C=O) groups is 5. The Labute approximate surface area is 379 Å². The fourth-order valence-electron chi connectivity index (χ4n) is 6.70. The molecule has 2 aromatic carbocycles. The standard InChI is InChI=1S/C46H66F2N6O11/c1-31(2)43(59)51-27-38(45(61)50-15-18-63-20-22-65-24-23-64-21-19-62-17-14-41(57)58)52-44(60)37(49)13-16-54(40(56)30-55)42(46(3,4)5)39-25-33(35-26-34(47)11-12-36(35)48)29-53(39)28-32-9-7-6-8-10-32/h6-12,25-26,29,31,37-38,42,55H,13-24,27-28,30,49H2,1-5H3,(H,50,61)(H,51,59)(H,52,60)(H,57,58). The number of aliphatic hydroxyl groups excluding tert-OH is 1. The highest BCUT2D eigenvalue weighted by atomic mass is 19.1. The molecular formula is C46H66F2N6O11. The maximum atomic E-state index is 15.2. The molecule has 0 saturated carbocycles. The topological polar surface area (TPSA) is 233 Å². The van der Waals surface area contributed by atoms with E-state index in [0.29, 0.717) is 37.6 Å². The van der Waals surface area contributed by atoms with E-state index in [4.69, 9.17) is 29.8 Å². The zero-order chi connectivity index (χ0) is 47.9. The normalized spacial score (nSPS) is 13.0. The first-order chi connectivity index (χ1) is 30.9. The molecule has 17 nitrogen and oxygen atoms in total. The Morgan fingerprint density at radius 3 is 2.02 bits per heavy atom. The summed E-state index contributed by atoms with van der Waals surface area (Å²) in [5.41, 5.74) is 7.57. The Balaban J connectivity index is 1.67. The van der Waals surface area contributed by atoms with Crippen molar-refractivity contribution in [2.45, 2.75) is 72.1 Å². The highest BCUT2D eigenvalue weighted by Crippen LogP contribution is 2.41. The summed E-state index contributed by atoms with van der Waals surface area (Å²) in [5.74, 6) is -4.92. The molecule has 1 aromatic heterocycles. The van der Waals surface area contributed by atoms with E-state index in [1.165, 1.54) is 4.90 Å². The van der Waals surface area contributed by atoms with Gasteiger partial charge in [0.05, 0.1) is 71.4 Å². The summed E-state index contributed by atoms with van der Waals surface area (Å²) in [6.45, 7) is 10.1. The van der Waals surface area contributed by atoms with Crippen LogP contribution in [0.5, 0.6) is 0 Å². The number of amides is 4. The number of hydrogen-bond acceptors (Lipinski definition) is 11. The number of nitrogens with two attached hydrogens (primary N) is 1. The smallest absolute Gasteiger partial charge is 0.305 e. The maximum absolute atomic E-state index is 15.2. The third-order valence-electron chi connectivity index (χ3n) is 10.0. The van der Waals surface area contributed by atoms with Gasteiger partial charge in [-0.3, -0.25) is 24.0 Å². The largest absolute Gasteiger partial charge is 0.481 e. The number of benzene rings is 2. The Kier molecular flexibility index (Phi) is 23.2. The molecule has 0 aliphatic carbocycles. The van der Waals surface area contributed by atoms with Gasteiger partial charge in [-0.2, -0.15) is 0 Å². The summed E-state index contributed by atoms with van der Waals surface area (Å²) >= 11 is 0. The zero-order valence-electron chi connectivity index (χ0n) is 38.0. The van der Waals surface area contributed by atoms with E-state index in [1.807, 2.05) is 55.7 Å². The fourth-order valence-corrected chi connectivity index (χ4v) is 6.70. The zero-order valence-corrected chi connectivity index (χ0v) is 38.0. The Bertz CT molecular complexity index is 1960. The van der Waals surface area contributed by atoms with Crippen molar-refractivity contribution in [2.24, 2.45) is 17.1 Å². The van der Waals surface area contributed by atoms with Gasteiger partial charge in [0.15, 0.2) is 0 Å². The quantitative estimate of drug-likeness (QED) is 0.0530. The number of hydrogen-bond donors (Lipinski definition) is 6. The van der Waals surface area contributed by atoms with Gasteiger partial charge in [-0.1, -0.05) is 65.0 Å². The Morgan fingerprint density at radius 1 is 0.815 bits per heavy atom. The van der Waals surface area contributed by atoms with Crippen LogP contribution < -0.4 is 21.7 Å². The molecule has 19 heteroatoms. The molecule has 1 heterocycles. The molecule has 0 aliphatic heterocycles. The van der Waals surface area contributed by atoms with Crippen molar-refractivity contribution < 1.29 is 61.9 Å². The van der Waals surface area contributed by atoms with Crippen LogP contribution in [0.3, 0.4) is 0 Å². The summed E-state index contributed by atoms with van der Waals surface area (Å²) in [5, 5.41) is 26.8. The first-order valence-corrected chi connectivity index (χ1v) is 21.7. The molecule has 3 rings (SSSR count). The maximum Gasteiger partial charge on any atom is 0.305 e. The minimum Gasteiger partial charge on any atom is -0.481 e. The lowest BCUT2D eigenvalue weighted by Gasteiger charge is -2.41. The highest BCUT2D eigenvalue weighted by molar-refractivity contribution is 5.90. The van der Waals surface area contributed by atoms with Crippen molar-refractivity contribution in [1.29, 1.82) is 0 Å². The molecule has 0 bridgehead atoms. The fraction of sp³-hybridized carbons (Fsp3) is 0.543. The average Bonchev–Trinajstić information content (AvgIpc) is 3.66. The Hall–Kier alpha value is -5.31. The predicted octanol–water partition coefficient (Wildman–Crippen LogP) is 3.02. The number of ether oxygens (including phenoxy) is 4. The second-order valence-electron chi connectivity index (χ2n) is 16.6. The molecule has 0 spiro atoms. The van der Waals surface area contributed by atoms with Crippen molar-refractivity contribution >= 4 is 29.6 Å². The van der Waals surface area contributed by atoms with E-state index in [1.54, 1.807) is 26.1 Å². The molecule has 360 valence electrons.